The molecule has 0 aliphatic heterocycles. The molecule has 0 atom stereocenters. The highest BCUT2D eigenvalue weighted by molar-refractivity contribution is 5.93. The van der Waals surface area contributed by atoms with Gasteiger partial charge in [-0.1, -0.05) is 0 Å². The SMILES string of the molecule is CCN(CC)c1ccc(Nc2ncc(C(=O)NCCN(C)C)cn2)cc1. The molecule has 0 unspecified atom stereocenters. The third kappa shape index (κ3) is 5.70. The van der Waals surface area contributed by atoms with Crippen LogP contribution in [0.1, 0.15) is 24.2 Å². The molecule has 0 radical (unpaired) electrons. The van der Waals surface area contributed by atoms with Gasteiger partial charge in [0.05, 0.1) is 5.56 Å². The molecule has 0 fully saturated rings. The van der Waals surface area contributed by atoms with Crippen molar-refractivity contribution < 1.29 is 4.79 Å². The van der Waals surface area contributed by atoms with Crippen LogP contribution in [0.3, 0.4) is 0 Å². The fourth-order valence-corrected chi connectivity index (χ4v) is 2.48. The minimum atomic E-state index is -0.165. The van der Waals surface area contributed by atoms with Gasteiger partial charge in [0.1, 0.15) is 0 Å². The van der Waals surface area contributed by atoms with Crippen LogP contribution in [0.2, 0.25) is 0 Å². The van der Waals surface area contributed by atoms with E-state index in [0.29, 0.717) is 18.1 Å². The molecule has 2 rings (SSSR count). The van der Waals surface area contributed by atoms with E-state index in [2.05, 4.69) is 51.5 Å². The molecule has 0 saturated heterocycles. The number of amides is 1. The molecule has 2 aromatic rings. The highest BCUT2D eigenvalue weighted by Gasteiger charge is 2.07. The van der Waals surface area contributed by atoms with Crippen LogP contribution in [-0.2, 0) is 0 Å². The summed E-state index contributed by atoms with van der Waals surface area (Å²) < 4.78 is 0. The summed E-state index contributed by atoms with van der Waals surface area (Å²) in [5.74, 6) is 0.299. The lowest BCUT2D eigenvalue weighted by atomic mass is 10.2. The Labute approximate surface area is 155 Å². The number of aromatic nitrogens is 2. The summed E-state index contributed by atoms with van der Waals surface area (Å²) in [6, 6.07) is 8.14. The summed E-state index contributed by atoms with van der Waals surface area (Å²) in [6.07, 6.45) is 3.06. The van der Waals surface area contributed by atoms with Gasteiger partial charge in [0, 0.05) is 49.9 Å². The minimum absolute atomic E-state index is 0.165. The smallest absolute Gasteiger partial charge is 0.254 e. The Balaban J connectivity index is 1.93. The molecule has 0 bridgehead atoms. The molecule has 1 aromatic carbocycles. The first-order valence-corrected chi connectivity index (χ1v) is 8.90. The summed E-state index contributed by atoms with van der Waals surface area (Å²) in [5.41, 5.74) is 2.54. The Kier molecular flexibility index (Phi) is 7.35. The average Bonchev–Trinajstić information content (AvgIpc) is 2.64. The molecule has 0 aliphatic carbocycles. The second-order valence-electron chi connectivity index (χ2n) is 6.20. The third-order valence-electron chi connectivity index (χ3n) is 4.01. The Hall–Kier alpha value is -2.67. The Bertz CT molecular complexity index is 680. The fourth-order valence-electron chi connectivity index (χ4n) is 2.48. The zero-order chi connectivity index (χ0) is 18.9. The van der Waals surface area contributed by atoms with E-state index >= 15 is 0 Å². The summed E-state index contributed by atoms with van der Waals surface area (Å²) in [6.45, 7) is 7.61. The van der Waals surface area contributed by atoms with Crippen molar-refractivity contribution in [3.05, 3.63) is 42.2 Å². The van der Waals surface area contributed by atoms with Crippen molar-refractivity contribution >= 4 is 23.2 Å². The molecule has 7 nitrogen and oxygen atoms in total. The van der Waals surface area contributed by atoms with E-state index in [1.54, 1.807) is 0 Å². The van der Waals surface area contributed by atoms with Gasteiger partial charge in [-0.15, -0.1) is 0 Å². The van der Waals surface area contributed by atoms with Crippen LogP contribution in [-0.4, -0.2) is 61.0 Å². The quantitative estimate of drug-likeness (QED) is 0.719. The third-order valence-corrected chi connectivity index (χ3v) is 4.01. The Morgan fingerprint density at radius 2 is 1.65 bits per heavy atom. The lowest BCUT2D eigenvalue weighted by Gasteiger charge is -2.21. The Morgan fingerprint density at radius 1 is 1.04 bits per heavy atom. The van der Waals surface area contributed by atoms with E-state index in [0.717, 1.165) is 25.3 Å². The van der Waals surface area contributed by atoms with Gasteiger partial charge < -0.3 is 20.4 Å². The van der Waals surface area contributed by atoms with Crippen LogP contribution in [0.25, 0.3) is 0 Å². The molecule has 0 spiro atoms. The number of rotatable bonds is 9. The van der Waals surface area contributed by atoms with Crippen LogP contribution >= 0.6 is 0 Å². The Morgan fingerprint density at radius 3 is 2.19 bits per heavy atom. The van der Waals surface area contributed by atoms with Gasteiger partial charge >= 0.3 is 0 Å². The topological polar surface area (TPSA) is 73.4 Å². The highest BCUT2D eigenvalue weighted by atomic mass is 16.1. The second-order valence-corrected chi connectivity index (χ2v) is 6.20. The van der Waals surface area contributed by atoms with Crippen LogP contribution < -0.4 is 15.5 Å². The molecular formula is C19H28N6O. The number of likely N-dealkylation sites (N-methyl/N-ethyl adjacent to an activating group) is 1. The summed E-state index contributed by atoms with van der Waals surface area (Å²) in [5, 5.41) is 5.99. The summed E-state index contributed by atoms with van der Waals surface area (Å²) >= 11 is 0. The lowest BCUT2D eigenvalue weighted by molar-refractivity contribution is 0.0950. The molecule has 1 amide bonds. The molecule has 0 aliphatic rings. The van der Waals surface area contributed by atoms with Gasteiger partial charge in [-0.2, -0.15) is 0 Å². The first-order chi connectivity index (χ1) is 12.5. The van der Waals surface area contributed by atoms with Crippen molar-refractivity contribution in [2.24, 2.45) is 0 Å². The van der Waals surface area contributed by atoms with Gasteiger partial charge in [-0.25, -0.2) is 9.97 Å². The van der Waals surface area contributed by atoms with Crippen molar-refractivity contribution in [2.75, 3.05) is 50.5 Å². The first kappa shape index (κ1) is 19.7. The van der Waals surface area contributed by atoms with Crippen LogP contribution in [0, 0.1) is 0 Å². The zero-order valence-corrected chi connectivity index (χ0v) is 16.0. The number of hydrogen-bond donors (Lipinski definition) is 2. The minimum Gasteiger partial charge on any atom is -0.372 e. The fraction of sp³-hybridized carbons (Fsp3) is 0.421. The van der Waals surface area contributed by atoms with Crippen molar-refractivity contribution in [2.45, 2.75) is 13.8 Å². The number of benzene rings is 1. The predicted octanol–water partition coefficient (Wildman–Crippen LogP) is 2.36. The molecule has 1 heterocycles. The number of nitrogens with zero attached hydrogens (tertiary/aromatic N) is 4. The van der Waals surface area contributed by atoms with Gasteiger partial charge in [0.25, 0.3) is 5.91 Å². The summed E-state index contributed by atoms with van der Waals surface area (Å²) in [4.78, 5) is 24.8. The number of carbonyl (C=O) groups is 1. The predicted molar refractivity (Wildman–Crippen MR) is 106 cm³/mol. The normalized spacial score (nSPS) is 10.7. The van der Waals surface area contributed by atoms with E-state index in [4.69, 9.17) is 0 Å². The molecule has 140 valence electrons. The first-order valence-electron chi connectivity index (χ1n) is 8.90. The molecular weight excluding hydrogens is 328 g/mol. The number of anilines is 3. The largest absolute Gasteiger partial charge is 0.372 e. The number of hydrogen-bond acceptors (Lipinski definition) is 6. The van der Waals surface area contributed by atoms with Crippen LogP contribution in [0.15, 0.2) is 36.7 Å². The summed E-state index contributed by atoms with van der Waals surface area (Å²) in [7, 11) is 3.93. The van der Waals surface area contributed by atoms with Crippen molar-refractivity contribution in [3.8, 4) is 0 Å². The van der Waals surface area contributed by atoms with E-state index in [1.807, 2.05) is 31.1 Å². The maximum Gasteiger partial charge on any atom is 0.254 e. The molecule has 1 aromatic heterocycles. The maximum atomic E-state index is 12.0. The van der Waals surface area contributed by atoms with Gasteiger partial charge in [-0.05, 0) is 52.2 Å². The van der Waals surface area contributed by atoms with Crippen molar-refractivity contribution in [1.82, 2.24) is 20.2 Å². The molecule has 7 heteroatoms. The van der Waals surface area contributed by atoms with Gasteiger partial charge in [-0.3, -0.25) is 4.79 Å². The molecule has 26 heavy (non-hydrogen) atoms. The van der Waals surface area contributed by atoms with Crippen molar-refractivity contribution in [3.63, 3.8) is 0 Å². The average molecular weight is 356 g/mol. The standard InChI is InChI=1S/C19H28N6O/c1-5-25(6-2)17-9-7-16(8-10-17)23-19-21-13-15(14-22-19)18(26)20-11-12-24(3)4/h7-10,13-14H,5-6,11-12H2,1-4H3,(H,20,26)(H,21,22,23). The zero-order valence-electron chi connectivity index (χ0n) is 16.0. The van der Waals surface area contributed by atoms with E-state index in [1.165, 1.54) is 18.1 Å². The molecule has 2 N–H and O–H groups in total. The molecule has 0 saturated carbocycles. The van der Waals surface area contributed by atoms with Gasteiger partial charge in [0.15, 0.2) is 0 Å². The number of nitrogens with one attached hydrogen (secondary N) is 2. The maximum absolute atomic E-state index is 12.0. The van der Waals surface area contributed by atoms with Crippen LogP contribution in [0.5, 0.6) is 0 Å². The number of carbonyl (C=O) groups excluding carboxylic acids is 1. The van der Waals surface area contributed by atoms with E-state index in [-0.39, 0.29) is 5.91 Å². The highest BCUT2D eigenvalue weighted by Crippen LogP contribution is 2.19. The lowest BCUT2D eigenvalue weighted by Crippen LogP contribution is -2.31. The second kappa shape index (κ2) is 9.72. The van der Waals surface area contributed by atoms with Crippen LogP contribution in [0.4, 0.5) is 17.3 Å². The van der Waals surface area contributed by atoms with Crippen molar-refractivity contribution in [1.29, 1.82) is 0 Å². The van der Waals surface area contributed by atoms with E-state index in [9.17, 15) is 4.79 Å². The van der Waals surface area contributed by atoms with E-state index < -0.39 is 0 Å². The monoisotopic (exact) mass is 356 g/mol. The van der Waals surface area contributed by atoms with Gasteiger partial charge in [0.2, 0.25) is 5.95 Å².